The highest BCUT2D eigenvalue weighted by Crippen LogP contribution is 2.31. The van der Waals surface area contributed by atoms with Crippen molar-refractivity contribution in [3.05, 3.63) is 113 Å². The summed E-state index contributed by atoms with van der Waals surface area (Å²) >= 11 is 0. The van der Waals surface area contributed by atoms with Gasteiger partial charge in [-0.05, 0) is 73.0 Å². The molecule has 0 aliphatic rings. The fraction of sp³-hybridized carbons (Fsp3) is 0.179. The summed E-state index contributed by atoms with van der Waals surface area (Å²) in [5.41, 5.74) is 2.07. The summed E-state index contributed by atoms with van der Waals surface area (Å²) in [4.78, 5) is 14.2. The van der Waals surface area contributed by atoms with Crippen LogP contribution in [0.4, 0.5) is 23.7 Å². The third-order valence-electron chi connectivity index (χ3n) is 5.88. The molecule has 0 bridgehead atoms. The molecule has 0 saturated carbocycles. The van der Waals surface area contributed by atoms with Crippen molar-refractivity contribution in [3.63, 3.8) is 0 Å². The van der Waals surface area contributed by atoms with Gasteiger partial charge in [-0.2, -0.15) is 21.6 Å². The third kappa shape index (κ3) is 6.99. The molecule has 1 aromatic heterocycles. The molecule has 39 heavy (non-hydrogen) atoms. The van der Waals surface area contributed by atoms with Gasteiger partial charge in [-0.25, -0.2) is 4.79 Å². The first-order valence-corrected chi connectivity index (χ1v) is 13.2. The number of alkyl halides is 3. The number of hydrogen-bond donors (Lipinski definition) is 1. The normalized spacial score (nSPS) is 11.7. The molecule has 0 aliphatic heterocycles. The second-order valence-corrected chi connectivity index (χ2v) is 10.4. The minimum Gasteiger partial charge on any atom is -0.467 e. The van der Waals surface area contributed by atoms with E-state index < -0.39 is 26.8 Å². The Balaban J connectivity index is 1.50. The number of furan rings is 1. The molecule has 0 unspecified atom stereocenters. The molecule has 2 amide bonds. The second kappa shape index (κ2) is 11.2. The lowest BCUT2D eigenvalue weighted by Crippen LogP contribution is -2.34. The van der Waals surface area contributed by atoms with E-state index in [0.717, 1.165) is 29.3 Å². The van der Waals surface area contributed by atoms with E-state index >= 15 is 0 Å². The summed E-state index contributed by atoms with van der Waals surface area (Å²) < 4.78 is 74.6. The highest BCUT2D eigenvalue weighted by molar-refractivity contribution is 7.87. The number of anilines is 1. The zero-order valence-electron chi connectivity index (χ0n) is 21.0. The number of amides is 2. The molecular weight excluding hydrogens is 533 g/mol. The summed E-state index contributed by atoms with van der Waals surface area (Å²) in [7, 11) is -4.51. The highest BCUT2D eigenvalue weighted by atomic mass is 32.2. The fourth-order valence-corrected chi connectivity index (χ4v) is 4.84. The first-order chi connectivity index (χ1) is 18.4. The van der Waals surface area contributed by atoms with Gasteiger partial charge in [-0.3, -0.25) is 0 Å². The molecular formula is C28H25F3N2O5S. The smallest absolute Gasteiger partial charge is 0.416 e. The molecule has 7 nitrogen and oxygen atoms in total. The Morgan fingerprint density at radius 2 is 1.59 bits per heavy atom. The van der Waals surface area contributed by atoms with Crippen molar-refractivity contribution in [2.75, 3.05) is 5.32 Å². The molecule has 204 valence electrons. The van der Waals surface area contributed by atoms with E-state index in [2.05, 4.69) is 5.32 Å². The van der Waals surface area contributed by atoms with E-state index in [1.54, 1.807) is 24.3 Å². The maximum atomic E-state index is 13.2. The lowest BCUT2D eigenvalue weighted by molar-refractivity contribution is -0.137. The average molecular weight is 559 g/mol. The maximum Gasteiger partial charge on any atom is 0.416 e. The molecule has 1 N–H and O–H groups in total. The third-order valence-corrected chi connectivity index (χ3v) is 7.12. The minimum atomic E-state index is -4.70. The first kappa shape index (κ1) is 27.8. The SMILES string of the molecule is Cc1cccc(C)c1NC(=O)N(Cc1ccc(OS(=O)(=O)c2cccc(C(F)(F)F)c2)cc1)Cc1ccco1. The van der Waals surface area contributed by atoms with Gasteiger partial charge in [0.25, 0.3) is 0 Å². The van der Waals surface area contributed by atoms with Crippen LogP contribution in [0, 0.1) is 13.8 Å². The van der Waals surface area contributed by atoms with Gasteiger partial charge in [0.05, 0.1) is 18.4 Å². The molecule has 0 atom stereocenters. The molecule has 0 aliphatic carbocycles. The van der Waals surface area contributed by atoms with Crippen molar-refractivity contribution in [1.82, 2.24) is 4.90 Å². The van der Waals surface area contributed by atoms with Crippen LogP contribution in [0.3, 0.4) is 0 Å². The van der Waals surface area contributed by atoms with Gasteiger partial charge >= 0.3 is 22.3 Å². The van der Waals surface area contributed by atoms with E-state index in [4.69, 9.17) is 8.60 Å². The van der Waals surface area contributed by atoms with Gasteiger partial charge in [0.15, 0.2) is 0 Å². The number of rotatable bonds is 8. The van der Waals surface area contributed by atoms with Gasteiger partial charge in [-0.15, -0.1) is 0 Å². The number of carbonyl (C=O) groups is 1. The van der Waals surface area contributed by atoms with Gasteiger partial charge in [-0.1, -0.05) is 36.4 Å². The molecule has 3 aromatic carbocycles. The number of nitrogens with one attached hydrogen (secondary N) is 1. The zero-order valence-corrected chi connectivity index (χ0v) is 21.8. The van der Waals surface area contributed by atoms with Crippen LogP contribution in [0.5, 0.6) is 5.75 Å². The Hall–Kier alpha value is -4.25. The topological polar surface area (TPSA) is 88.9 Å². The van der Waals surface area contributed by atoms with E-state index in [-0.39, 0.29) is 24.9 Å². The van der Waals surface area contributed by atoms with Crippen LogP contribution in [0.1, 0.15) is 28.0 Å². The predicted molar refractivity (Wildman–Crippen MR) is 139 cm³/mol. The Morgan fingerprint density at radius 1 is 0.923 bits per heavy atom. The molecule has 11 heteroatoms. The van der Waals surface area contributed by atoms with Gasteiger partial charge in [0, 0.05) is 12.2 Å². The molecule has 0 fully saturated rings. The van der Waals surface area contributed by atoms with Crippen molar-refractivity contribution in [3.8, 4) is 5.75 Å². The number of halogens is 3. The maximum absolute atomic E-state index is 13.2. The van der Waals surface area contributed by atoms with E-state index in [1.165, 1.54) is 23.3 Å². The highest BCUT2D eigenvalue weighted by Gasteiger charge is 2.32. The summed E-state index contributed by atoms with van der Waals surface area (Å²) in [5, 5.41) is 2.95. The number of carbonyl (C=O) groups excluding carboxylic acids is 1. The number of para-hydroxylation sites is 1. The fourth-order valence-electron chi connectivity index (χ4n) is 3.86. The van der Waals surface area contributed by atoms with E-state index in [1.807, 2.05) is 32.0 Å². The lowest BCUT2D eigenvalue weighted by atomic mass is 10.1. The van der Waals surface area contributed by atoms with Crippen LogP contribution >= 0.6 is 0 Å². The Bertz CT molecular complexity index is 1530. The monoisotopic (exact) mass is 558 g/mol. The lowest BCUT2D eigenvalue weighted by Gasteiger charge is -2.23. The van der Waals surface area contributed by atoms with E-state index in [0.29, 0.717) is 23.1 Å². The van der Waals surface area contributed by atoms with Crippen LogP contribution in [-0.2, 0) is 29.4 Å². The van der Waals surface area contributed by atoms with Crippen molar-refractivity contribution in [1.29, 1.82) is 0 Å². The number of hydrogen-bond acceptors (Lipinski definition) is 5. The van der Waals surface area contributed by atoms with Crippen LogP contribution in [0.2, 0.25) is 0 Å². The number of benzene rings is 3. The Morgan fingerprint density at radius 3 is 2.21 bits per heavy atom. The summed E-state index contributed by atoms with van der Waals surface area (Å²) in [5.74, 6) is 0.479. The minimum absolute atomic E-state index is 0.0891. The predicted octanol–water partition coefficient (Wildman–Crippen LogP) is 6.92. The average Bonchev–Trinajstić information content (AvgIpc) is 3.40. The molecule has 0 radical (unpaired) electrons. The zero-order chi connectivity index (χ0) is 28.2. The van der Waals surface area contributed by atoms with Crippen LogP contribution in [0.15, 0.2) is 94.4 Å². The van der Waals surface area contributed by atoms with Crippen molar-refractivity contribution < 1.29 is 35.0 Å². The van der Waals surface area contributed by atoms with Gasteiger partial charge < -0.3 is 18.8 Å². The molecule has 1 heterocycles. The number of nitrogens with zero attached hydrogens (tertiary/aromatic N) is 1. The van der Waals surface area contributed by atoms with Crippen molar-refractivity contribution in [2.24, 2.45) is 0 Å². The molecule has 4 aromatic rings. The Labute approximate surface area is 224 Å². The molecule has 0 spiro atoms. The standard InChI is InChI=1S/C28H25F3N2O5S/c1-19-6-3-7-20(2)26(19)32-27(34)33(18-24-9-5-15-37-24)17-21-11-13-23(14-12-21)38-39(35,36)25-10-4-8-22(16-25)28(29,30)31/h3-16H,17-18H2,1-2H3,(H,32,34). The largest absolute Gasteiger partial charge is 0.467 e. The van der Waals surface area contributed by atoms with E-state index in [9.17, 15) is 26.4 Å². The summed E-state index contributed by atoms with van der Waals surface area (Å²) in [6.45, 7) is 4.11. The quantitative estimate of drug-likeness (QED) is 0.237. The number of urea groups is 1. The second-order valence-electron chi connectivity index (χ2n) is 8.84. The number of aryl methyl sites for hydroxylation is 2. The molecule has 0 saturated heterocycles. The van der Waals surface area contributed by atoms with Crippen molar-refractivity contribution >= 4 is 21.8 Å². The van der Waals surface area contributed by atoms with Crippen LogP contribution in [0.25, 0.3) is 0 Å². The van der Waals surface area contributed by atoms with Crippen molar-refractivity contribution in [2.45, 2.75) is 38.0 Å². The molecule has 4 rings (SSSR count). The van der Waals surface area contributed by atoms with Crippen LogP contribution < -0.4 is 9.50 Å². The summed E-state index contributed by atoms with van der Waals surface area (Å²) in [6.07, 6.45) is -3.19. The van der Waals surface area contributed by atoms with Gasteiger partial charge in [0.1, 0.15) is 16.4 Å². The summed E-state index contributed by atoms with van der Waals surface area (Å²) in [6, 6.07) is 18.0. The van der Waals surface area contributed by atoms with Gasteiger partial charge in [0.2, 0.25) is 0 Å². The Kier molecular flexibility index (Phi) is 8.01. The first-order valence-electron chi connectivity index (χ1n) is 11.8. The van der Waals surface area contributed by atoms with Crippen LogP contribution in [-0.4, -0.2) is 19.3 Å².